The van der Waals surface area contributed by atoms with Crippen molar-refractivity contribution in [1.82, 2.24) is 0 Å². The van der Waals surface area contributed by atoms with Gasteiger partial charge in [0.1, 0.15) is 18.1 Å². The van der Waals surface area contributed by atoms with Gasteiger partial charge in [0.05, 0.1) is 10.5 Å². The molecule has 2 aromatic rings. The fraction of sp³-hybridized carbons (Fsp3) is 0.235. The number of nitro benzene ring substituents is 1. The van der Waals surface area contributed by atoms with Crippen LogP contribution >= 0.6 is 0 Å². The Bertz CT molecular complexity index is 773. The van der Waals surface area contributed by atoms with Crippen molar-refractivity contribution in [3.63, 3.8) is 0 Å². The van der Waals surface area contributed by atoms with Crippen molar-refractivity contribution in [3.05, 3.63) is 69.5 Å². The molecule has 1 N–H and O–H groups in total. The molecule has 0 unspecified atom stereocenters. The topological polar surface area (TPSA) is 81.5 Å². The Hall–Kier alpha value is -2.96. The normalized spacial score (nSPS) is 13.4. The summed E-state index contributed by atoms with van der Waals surface area (Å²) in [5.74, 6) is -1.04. The van der Waals surface area contributed by atoms with E-state index in [0.717, 1.165) is 12.8 Å². The molecule has 0 aliphatic heterocycles. The van der Waals surface area contributed by atoms with Gasteiger partial charge in [-0.25, -0.2) is 9.18 Å². The number of hydrogen-bond acceptors (Lipinski definition) is 5. The Morgan fingerprint density at radius 1 is 1.25 bits per heavy atom. The predicted molar refractivity (Wildman–Crippen MR) is 85.3 cm³/mol. The molecule has 6 nitrogen and oxygen atoms in total. The predicted octanol–water partition coefficient (Wildman–Crippen LogP) is 3.67. The number of nitrogens with zero attached hydrogens (tertiary/aromatic N) is 1. The van der Waals surface area contributed by atoms with E-state index in [2.05, 4.69) is 5.32 Å². The SMILES string of the molecule is O=C(OCc1ccc(F)cc1)c1ccc(NC2CC2)c([N+](=O)[O-])c1. The number of nitro groups is 1. The first-order chi connectivity index (χ1) is 11.5. The molecular weight excluding hydrogens is 315 g/mol. The van der Waals surface area contributed by atoms with E-state index in [1.165, 1.54) is 42.5 Å². The van der Waals surface area contributed by atoms with Gasteiger partial charge in [-0.1, -0.05) is 12.1 Å². The van der Waals surface area contributed by atoms with Crippen LogP contribution in [0.1, 0.15) is 28.8 Å². The number of esters is 1. The van der Waals surface area contributed by atoms with Crippen molar-refractivity contribution < 1.29 is 18.8 Å². The summed E-state index contributed by atoms with van der Waals surface area (Å²) in [6, 6.07) is 10.0. The first-order valence-electron chi connectivity index (χ1n) is 7.49. The summed E-state index contributed by atoms with van der Waals surface area (Å²) in [7, 11) is 0. The van der Waals surface area contributed by atoms with Gasteiger partial charge >= 0.3 is 5.97 Å². The molecule has 0 radical (unpaired) electrons. The minimum atomic E-state index is -0.666. The molecule has 0 atom stereocenters. The first-order valence-corrected chi connectivity index (χ1v) is 7.49. The van der Waals surface area contributed by atoms with E-state index in [-0.39, 0.29) is 29.7 Å². The van der Waals surface area contributed by atoms with Gasteiger partial charge in [-0.3, -0.25) is 10.1 Å². The monoisotopic (exact) mass is 330 g/mol. The summed E-state index contributed by atoms with van der Waals surface area (Å²) in [6.07, 6.45) is 1.97. The zero-order chi connectivity index (χ0) is 17.1. The fourth-order valence-electron chi connectivity index (χ4n) is 2.19. The zero-order valence-corrected chi connectivity index (χ0v) is 12.7. The number of anilines is 1. The van der Waals surface area contributed by atoms with Crippen LogP contribution in [0.4, 0.5) is 15.8 Å². The Morgan fingerprint density at radius 2 is 1.96 bits per heavy atom. The van der Waals surface area contributed by atoms with E-state index in [1.54, 1.807) is 0 Å². The maximum Gasteiger partial charge on any atom is 0.338 e. The van der Waals surface area contributed by atoms with Crippen LogP contribution in [-0.2, 0) is 11.3 Å². The number of benzene rings is 2. The van der Waals surface area contributed by atoms with Crippen molar-refractivity contribution >= 4 is 17.3 Å². The molecule has 3 rings (SSSR count). The number of ether oxygens (including phenoxy) is 1. The summed E-state index contributed by atoms with van der Waals surface area (Å²) in [4.78, 5) is 22.7. The van der Waals surface area contributed by atoms with Crippen molar-refractivity contribution in [2.45, 2.75) is 25.5 Å². The Morgan fingerprint density at radius 3 is 2.58 bits per heavy atom. The molecule has 1 saturated carbocycles. The number of halogens is 1. The Balaban J connectivity index is 1.70. The Labute approximate surface area is 137 Å². The number of rotatable bonds is 6. The molecule has 124 valence electrons. The third kappa shape index (κ3) is 3.87. The molecule has 0 heterocycles. The lowest BCUT2D eigenvalue weighted by atomic mass is 10.1. The summed E-state index contributed by atoms with van der Waals surface area (Å²) in [5, 5.41) is 14.3. The highest BCUT2D eigenvalue weighted by atomic mass is 19.1. The van der Waals surface area contributed by atoms with Crippen LogP contribution in [0.2, 0.25) is 0 Å². The molecule has 0 saturated heterocycles. The quantitative estimate of drug-likeness (QED) is 0.496. The highest BCUT2D eigenvalue weighted by molar-refractivity contribution is 5.91. The van der Waals surface area contributed by atoms with E-state index in [4.69, 9.17) is 4.74 Å². The van der Waals surface area contributed by atoms with Crippen LogP contribution in [0.3, 0.4) is 0 Å². The van der Waals surface area contributed by atoms with E-state index < -0.39 is 10.9 Å². The van der Waals surface area contributed by atoms with Crippen molar-refractivity contribution in [2.24, 2.45) is 0 Å². The van der Waals surface area contributed by atoms with Crippen molar-refractivity contribution in [1.29, 1.82) is 0 Å². The van der Waals surface area contributed by atoms with Gasteiger partial charge in [-0.05, 0) is 42.7 Å². The number of hydrogen-bond donors (Lipinski definition) is 1. The summed E-state index contributed by atoms with van der Waals surface area (Å²) < 4.78 is 17.9. The molecule has 7 heteroatoms. The minimum absolute atomic E-state index is 0.0328. The number of carbonyl (C=O) groups excluding carboxylic acids is 1. The molecular formula is C17H15FN2O4. The second-order valence-corrected chi connectivity index (χ2v) is 5.61. The first kappa shape index (κ1) is 15.9. The Kier molecular flexibility index (Phi) is 4.41. The van der Waals surface area contributed by atoms with E-state index >= 15 is 0 Å². The van der Waals surface area contributed by atoms with Gasteiger partial charge in [0.2, 0.25) is 0 Å². The minimum Gasteiger partial charge on any atom is -0.457 e. The van der Waals surface area contributed by atoms with Crippen LogP contribution in [0.5, 0.6) is 0 Å². The molecule has 0 spiro atoms. The van der Waals surface area contributed by atoms with Crippen LogP contribution in [-0.4, -0.2) is 16.9 Å². The van der Waals surface area contributed by atoms with Crippen molar-refractivity contribution in [3.8, 4) is 0 Å². The maximum absolute atomic E-state index is 12.8. The zero-order valence-electron chi connectivity index (χ0n) is 12.7. The second kappa shape index (κ2) is 6.66. The molecule has 1 aliphatic carbocycles. The fourth-order valence-corrected chi connectivity index (χ4v) is 2.19. The molecule has 1 fully saturated rings. The van der Waals surface area contributed by atoms with E-state index in [1.807, 2.05) is 0 Å². The molecule has 0 bridgehead atoms. The average Bonchev–Trinajstić information content (AvgIpc) is 3.38. The van der Waals surface area contributed by atoms with Crippen LogP contribution in [0.25, 0.3) is 0 Å². The van der Waals surface area contributed by atoms with Gasteiger partial charge in [-0.2, -0.15) is 0 Å². The van der Waals surface area contributed by atoms with Crippen LogP contribution in [0.15, 0.2) is 42.5 Å². The second-order valence-electron chi connectivity index (χ2n) is 5.61. The lowest BCUT2D eigenvalue weighted by Gasteiger charge is -2.08. The van der Waals surface area contributed by atoms with Gasteiger partial charge in [0.15, 0.2) is 0 Å². The number of carbonyl (C=O) groups is 1. The van der Waals surface area contributed by atoms with E-state index in [9.17, 15) is 19.3 Å². The molecule has 2 aromatic carbocycles. The van der Waals surface area contributed by atoms with Crippen LogP contribution < -0.4 is 5.32 Å². The molecule has 0 amide bonds. The van der Waals surface area contributed by atoms with Crippen molar-refractivity contribution in [2.75, 3.05) is 5.32 Å². The average molecular weight is 330 g/mol. The molecule has 1 aliphatic rings. The third-order valence-electron chi connectivity index (χ3n) is 3.65. The van der Waals surface area contributed by atoms with Gasteiger partial charge in [-0.15, -0.1) is 0 Å². The lowest BCUT2D eigenvalue weighted by Crippen LogP contribution is -2.08. The van der Waals surface area contributed by atoms with Gasteiger partial charge < -0.3 is 10.1 Å². The maximum atomic E-state index is 12.8. The third-order valence-corrected chi connectivity index (χ3v) is 3.65. The smallest absolute Gasteiger partial charge is 0.338 e. The lowest BCUT2D eigenvalue weighted by molar-refractivity contribution is -0.384. The highest BCUT2D eigenvalue weighted by Gasteiger charge is 2.25. The summed E-state index contributed by atoms with van der Waals surface area (Å²) in [5.41, 5.74) is 0.979. The van der Waals surface area contributed by atoms with Gasteiger partial charge in [0.25, 0.3) is 5.69 Å². The molecule has 0 aromatic heterocycles. The highest BCUT2D eigenvalue weighted by Crippen LogP contribution is 2.31. The van der Waals surface area contributed by atoms with E-state index in [0.29, 0.717) is 11.3 Å². The largest absolute Gasteiger partial charge is 0.457 e. The van der Waals surface area contributed by atoms with Gasteiger partial charge in [0, 0.05) is 12.1 Å². The van der Waals surface area contributed by atoms with Crippen LogP contribution in [0, 0.1) is 15.9 Å². The molecule has 24 heavy (non-hydrogen) atoms. The number of nitrogens with one attached hydrogen (secondary N) is 1. The summed E-state index contributed by atoms with van der Waals surface area (Å²) in [6.45, 7) is -0.0328. The standard InChI is InChI=1S/C17H15FN2O4/c18-13-4-1-11(2-5-13)10-24-17(21)12-3-8-15(19-14-6-7-14)16(9-12)20(22)23/h1-5,8-9,14,19H,6-7,10H2. The summed E-state index contributed by atoms with van der Waals surface area (Å²) >= 11 is 0.